The van der Waals surface area contributed by atoms with Crippen LogP contribution in [-0.4, -0.2) is 22.0 Å². The molecule has 114 valence electrons. The van der Waals surface area contributed by atoms with Crippen molar-refractivity contribution in [2.45, 2.75) is 26.8 Å². The van der Waals surface area contributed by atoms with Crippen molar-refractivity contribution in [1.82, 2.24) is 15.0 Å². The lowest BCUT2D eigenvalue weighted by Crippen LogP contribution is -2.20. The van der Waals surface area contributed by atoms with Crippen LogP contribution in [0.5, 0.6) is 0 Å². The molecule has 0 bridgehead atoms. The molecule has 3 rings (SSSR count). The van der Waals surface area contributed by atoms with Gasteiger partial charge in [-0.15, -0.1) is 11.3 Å². The second-order valence-corrected chi connectivity index (χ2v) is 6.62. The highest BCUT2D eigenvalue weighted by Gasteiger charge is 2.15. The summed E-state index contributed by atoms with van der Waals surface area (Å²) in [5, 5.41) is 1.61. The van der Waals surface area contributed by atoms with E-state index in [1.807, 2.05) is 32.2 Å². The molecule has 2 heterocycles. The lowest BCUT2D eigenvalue weighted by molar-refractivity contribution is 0.853. The van der Waals surface area contributed by atoms with Crippen LogP contribution in [0.2, 0.25) is 5.15 Å². The zero-order valence-corrected chi connectivity index (χ0v) is 14.4. The summed E-state index contributed by atoms with van der Waals surface area (Å²) in [5.74, 6) is 1.58. The fourth-order valence-electron chi connectivity index (χ4n) is 2.43. The first kappa shape index (κ1) is 15.2. The van der Waals surface area contributed by atoms with Crippen molar-refractivity contribution in [2.75, 3.05) is 11.9 Å². The number of thiazole rings is 1. The first-order valence-corrected chi connectivity index (χ1v) is 8.36. The maximum Gasteiger partial charge on any atom is 0.138 e. The Kier molecular flexibility index (Phi) is 4.27. The van der Waals surface area contributed by atoms with Gasteiger partial charge >= 0.3 is 0 Å². The monoisotopic (exact) mass is 332 g/mol. The van der Waals surface area contributed by atoms with E-state index in [1.165, 1.54) is 4.70 Å². The zero-order chi connectivity index (χ0) is 15.7. The van der Waals surface area contributed by atoms with Crippen molar-refractivity contribution in [2.24, 2.45) is 0 Å². The van der Waals surface area contributed by atoms with E-state index in [0.717, 1.165) is 28.3 Å². The summed E-state index contributed by atoms with van der Waals surface area (Å²) in [5.41, 5.74) is 2.03. The molecular formula is C16H17ClN4S. The first-order valence-electron chi connectivity index (χ1n) is 7.17. The summed E-state index contributed by atoms with van der Waals surface area (Å²) >= 11 is 7.97. The molecule has 0 fully saturated rings. The summed E-state index contributed by atoms with van der Waals surface area (Å²) in [6.45, 7) is 4.63. The SMILES string of the molecule is CCc1c(Cl)nc(C)nc1N(C)Cc1nc2ccccc2s1. The zero-order valence-electron chi connectivity index (χ0n) is 12.8. The highest BCUT2D eigenvalue weighted by atomic mass is 35.5. The molecule has 0 N–H and O–H groups in total. The number of hydrogen-bond acceptors (Lipinski definition) is 5. The van der Waals surface area contributed by atoms with E-state index in [2.05, 4.69) is 32.8 Å². The van der Waals surface area contributed by atoms with Gasteiger partial charge in [-0.3, -0.25) is 0 Å². The Bertz CT molecular complexity index is 782. The maximum absolute atomic E-state index is 6.26. The summed E-state index contributed by atoms with van der Waals surface area (Å²) in [7, 11) is 2.02. The average molecular weight is 333 g/mol. The standard InChI is InChI=1S/C16H17ClN4S/c1-4-11-15(17)18-10(2)19-16(11)21(3)9-14-20-12-7-5-6-8-13(12)22-14/h5-8H,4,9H2,1-3H3. The van der Waals surface area contributed by atoms with Crippen LogP contribution in [0.4, 0.5) is 5.82 Å². The van der Waals surface area contributed by atoms with Crippen LogP contribution in [0.3, 0.4) is 0 Å². The third kappa shape index (κ3) is 2.91. The van der Waals surface area contributed by atoms with Crippen LogP contribution < -0.4 is 4.90 Å². The van der Waals surface area contributed by atoms with Gasteiger partial charge in [-0.2, -0.15) is 0 Å². The predicted molar refractivity (Wildman–Crippen MR) is 92.9 cm³/mol. The van der Waals surface area contributed by atoms with Gasteiger partial charge in [0.2, 0.25) is 0 Å². The fourth-order valence-corrected chi connectivity index (χ4v) is 3.79. The molecule has 0 saturated carbocycles. The quantitative estimate of drug-likeness (QED) is 0.670. The van der Waals surface area contributed by atoms with E-state index in [9.17, 15) is 0 Å². The lowest BCUT2D eigenvalue weighted by Gasteiger charge is -2.20. The highest BCUT2D eigenvalue weighted by Crippen LogP contribution is 2.27. The maximum atomic E-state index is 6.26. The van der Waals surface area contributed by atoms with Gasteiger partial charge in [-0.1, -0.05) is 30.7 Å². The summed E-state index contributed by atoms with van der Waals surface area (Å²) in [4.78, 5) is 15.6. The molecule has 3 aromatic rings. The van der Waals surface area contributed by atoms with Gasteiger partial charge in [0.15, 0.2) is 0 Å². The molecule has 0 spiro atoms. The van der Waals surface area contributed by atoms with Gasteiger partial charge in [-0.05, 0) is 25.5 Å². The number of fused-ring (bicyclic) bond motifs is 1. The Labute approximate surface area is 138 Å². The number of halogens is 1. The van der Waals surface area contributed by atoms with Crippen molar-refractivity contribution in [3.63, 3.8) is 0 Å². The van der Waals surface area contributed by atoms with E-state index >= 15 is 0 Å². The minimum Gasteiger partial charge on any atom is -0.353 e. The molecule has 6 heteroatoms. The fraction of sp³-hybridized carbons (Fsp3) is 0.312. The van der Waals surface area contributed by atoms with Crippen molar-refractivity contribution < 1.29 is 0 Å². The minimum absolute atomic E-state index is 0.543. The van der Waals surface area contributed by atoms with Crippen LogP contribution in [0.25, 0.3) is 10.2 Å². The van der Waals surface area contributed by atoms with Crippen LogP contribution in [-0.2, 0) is 13.0 Å². The molecule has 1 aromatic carbocycles. The van der Waals surface area contributed by atoms with Gasteiger partial charge in [0, 0.05) is 12.6 Å². The van der Waals surface area contributed by atoms with Crippen molar-refractivity contribution in [3.8, 4) is 0 Å². The molecule has 0 amide bonds. The third-order valence-electron chi connectivity index (χ3n) is 3.47. The minimum atomic E-state index is 0.543. The third-order valence-corrected chi connectivity index (χ3v) is 4.81. The second kappa shape index (κ2) is 6.18. The Morgan fingerprint density at radius 3 is 2.68 bits per heavy atom. The molecule has 0 aliphatic rings. The van der Waals surface area contributed by atoms with E-state index in [1.54, 1.807) is 11.3 Å². The Morgan fingerprint density at radius 1 is 1.18 bits per heavy atom. The number of anilines is 1. The number of aromatic nitrogens is 3. The number of rotatable bonds is 4. The molecule has 0 unspecified atom stereocenters. The Morgan fingerprint density at radius 2 is 1.95 bits per heavy atom. The van der Waals surface area contributed by atoms with Crippen LogP contribution in [0.1, 0.15) is 23.3 Å². The van der Waals surface area contributed by atoms with E-state index in [-0.39, 0.29) is 0 Å². The molecule has 2 aromatic heterocycles. The van der Waals surface area contributed by atoms with Gasteiger partial charge in [0.05, 0.1) is 16.8 Å². The molecule has 0 aliphatic carbocycles. The van der Waals surface area contributed by atoms with E-state index < -0.39 is 0 Å². The predicted octanol–water partition coefficient (Wildman–Crippen LogP) is 4.25. The van der Waals surface area contributed by atoms with E-state index in [0.29, 0.717) is 17.5 Å². The van der Waals surface area contributed by atoms with Crippen molar-refractivity contribution >= 4 is 39.0 Å². The number of hydrogen-bond donors (Lipinski definition) is 0. The first-order chi connectivity index (χ1) is 10.6. The number of nitrogens with zero attached hydrogens (tertiary/aromatic N) is 4. The Balaban J connectivity index is 1.92. The van der Waals surface area contributed by atoms with Gasteiger partial charge in [0.1, 0.15) is 21.8 Å². The van der Waals surface area contributed by atoms with Gasteiger partial charge < -0.3 is 4.90 Å². The molecule has 0 saturated heterocycles. The topological polar surface area (TPSA) is 41.9 Å². The summed E-state index contributed by atoms with van der Waals surface area (Å²) < 4.78 is 1.21. The smallest absolute Gasteiger partial charge is 0.138 e. The summed E-state index contributed by atoms with van der Waals surface area (Å²) in [6, 6.07) is 8.19. The molecule has 22 heavy (non-hydrogen) atoms. The number of benzene rings is 1. The van der Waals surface area contributed by atoms with Crippen LogP contribution >= 0.6 is 22.9 Å². The second-order valence-electron chi connectivity index (χ2n) is 5.15. The number of para-hydroxylation sites is 1. The van der Waals surface area contributed by atoms with Gasteiger partial charge in [0.25, 0.3) is 0 Å². The molecule has 0 atom stereocenters. The van der Waals surface area contributed by atoms with Crippen molar-refractivity contribution in [3.05, 3.63) is 45.8 Å². The van der Waals surface area contributed by atoms with Gasteiger partial charge in [-0.25, -0.2) is 15.0 Å². The lowest BCUT2D eigenvalue weighted by atomic mass is 10.2. The molecular weight excluding hydrogens is 316 g/mol. The Hall–Kier alpha value is -1.72. The molecule has 0 aliphatic heterocycles. The van der Waals surface area contributed by atoms with Crippen LogP contribution in [0.15, 0.2) is 24.3 Å². The van der Waals surface area contributed by atoms with Crippen LogP contribution in [0, 0.1) is 6.92 Å². The number of aryl methyl sites for hydroxylation is 1. The largest absolute Gasteiger partial charge is 0.353 e. The molecule has 4 nitrogen and oxygen atoms in total. The van der Waals surface area contributed by atoms with Crippen molar-refractivity contribution in [1.29, 1.82) is 0 Å². The normalized spacial score (nSPS) is 11.1. The summed E-state index contributed by atoms with van der Waals surface area (Å²) in [6.07, 6.45) is 0.804. The average Bonchev–Trinajstić information content (AvgIpc) is 2.88. The van der Waals surface area contributed by atoms with E-state index in [4.69, 9.17) is 11.6 Å². The highest BCUT2D eigenvalue weighted by molar-refractivity contribution is 7.18. The molecule has 0 radical (unpaired) electrons.